The van der Waals surface area contributed by atoms with Crippen molar-refractivity contribution in [2.45, 2.75) is 13.3 Å². The number of carbonyl (C=O) groups is 1. The molecule has 1 N–H and O–H groups in total. The number of hydrogen-bond donors (Lipinski definition) is 1. The number of benzene rings is 1. The van der Waals surface area contributed by atoms with E-state index in [2.05, 4.69) is 5.32 Å². The summed E-state index contributed by atoms with van der Waals surface area (Å²) in [6.45, 7) is 3.65. The summed E-state index contributed by atoms with van der Waals surface area (Å²) < 4.78 is 5.21. The van der Waals surface area contributed by atoms with Gasteiger partial charge in [0.1, 0.15) is 11.6 Å². The number of rotatable bonds is 8. The molecule has 25 heavy (non-hydrogen) atoms. The average Bonchev–Trinajstić information content (AvgIpc) is 3.08. The maximum atomic E-state index is 12.1. The Morgan fingerprint density at radius 1 is 1.36 bits per heavy atom. The van der Waals surface area contributed by atoms with E-state index in [1.54, 1.807) is 6.08 Å². The Hall–Kier alpha value is -2.13. The van der Waals surface area contributed by atoms with E-state index in [9.17, 15) is 10.1 Å². The molecule has 2 rings (SSSR count). The first-order valence-electron chi connectivity index (χ1n) is 7.98. The molecule has 0 radical (unpaired) electrons. The molecule has 130 valence electrons. The summed E-state index contributed by atoms with van der Waals surface area (Å²) in [5.74, 6) is -0.369. The number of nitrogens with one attached hydrogen (secondary N) is 1. The Morgan fingerprint density at radius 3 is 2.88 bits per heavy atom. The van der Waals surface area contributed by atoms with E-state index in [1.807, 2.05) is 49.4 Å². The number of ether oxygens (including phenoxy) is 1. The Balaban J connectivity index is 2.04. The van der Waals surface area contributed by atoms with Gasteiger partial charge >= 0.3 is 0 Å². The van der Waals surface area contributed by atoms with Crippen LogP contribution in [-0.4, -0.2) is 25.7 Å². The average molecular weight is 375 g/mol. The number of hydrogen-bond acceptors (Lipinski definition) is 4. The molecule has 0 saturated heterocycles. The first kappa shape index (κ1) is 19.2. The molecule has 0 aliphatic carbocycles. The monoisotopic (exact) mass is 374 g/mol. The summed E-state index contributed by atoms with van der Waals surface area (Å²) >= 11 is 7.69. The van der Waals surface area contributed by atoms with Crippen molar-refractivity contribution >= 4 is 34.9 Å². The Bertz CT molecular complexity index is 793. The van der Waals surface area contributed by atoms with Gasteiger partial charge in [-0.1, -0.05) is 29.8 Å². The van der Waals surface area contributed by atoms with Crippen LogP contribution in [0.2, 0.25) is 5.02 Å². The van der Waals surface area contributed by atoms with Gasteiger partial charge in [-0.2, -0.15) is 5.26 Å². The van der Waals surface area contributed by atoms with Crippen LogP contribution in [-0.2, 0) is 9.53 Å². The predicted molar refractivity (Wildman–Crippen MR) is 102 cm³/mol. The second-order valence-corrected chi connectivity index (χ2v) is 6.68. The van der Waals surface area contributed by atoms with E-state index in [4.69, 9.17) is 16.3 Å². The van der Waals surface area contributed by atoms with Crippen LogP contribution < -0.4 is 5.32 Å². The van der Waals surface area contributed by atoms with Crippen molar-refractivity contribution in [3.63, 3.8) is 0 Å². The summed E-state index contributed by atoms with van der Waals surface area (Å²) in [7, 11) is 0. The molecule has 2 aromatic rings. The molecule has 6 heteroatoms. The van der Waals surface area contributed by atoms with Gasteiger partial charge in [0.2, 0.25) is 0 Å². The number of thiophene rings is 1. The highest BCUT2D eigenvalue weighted by molar-refractivity contribution is 7.16. The van der Waals surface area contributed by atoms with Crippen LogP contribution in [0.4, 0.5) is 0 Å². The van der Waals surface area contributed by atoms with Crippen LogP contribution in [0.3, 0.4) is 0 Å². The molecule has 0 atom stereocenters. The minimum atomic E-state index is -0.369. The topological polar surface area (TPSA) is 62.1 Å². The van der Waals surface area contributed by atoms with Crippen molar-refractivity contribution < 1.29 is 9.53 Å². The third-order valence-electron chi connectivity index (χ3n) is 3.37. The highest BCUT2D eigenvalue weighted by Crippen LogP contribution is 2.33. The first-order valence-corrected chi connectivity index (χ1v) is 9.17. The van der Waals surface area contributed by atoms with Crippen LogP contribution in [0, 0.1) is 11.3 Å². The highest BCUT2D eigenvalue weighted by atomic mass is 35.5. The number of amides is 1. The summed E-state index contributed by atoms with van der Waals surface area (Å²) in [6.07, 6.45) is 2.32. The van der Waals surface area contributed by atoms with Crippen LogP contribution >= 0.6 is 22.9 Å². The molecule has 1 heterocycles. The van der Waals surface area contributed by atoms with Crippen molar-refractivity contribution in [3.8, 4) is 16.5 Å². The first-order chi connectivity index (χ1) is 12.2. The lowest BCUT2D eigenvalue weighted by Crippen LogP contribution is -2.26. The van der Waals surface area contributed by atoms with E-state index in [0.29, 0.717) is 31.2 Å². The molecular formula is C19H19ClN2O2S. The van der Waals surface area contributed by atoms with Crippen molar-refractivity contribution in [2.75, 3.05) is 19.8 Å². The van der Waals surface area contributed by atoms with Gasteiger partial charge in [0.15, 0.2) is 0 Å². The van der Waals surface area contributed by atoms with Gasteiger partial charge in [-0.05, 0) is 37.6 Å². The van der Waals surface area contributed by atoms with Crippen molar-refractivity contribution in [1.29, 1.82) is 5.26 Å². The van der Waals surface area contributed by atoms with E-state index in [1.165, 1.54) is 11.3 Å². The van der Waals surface area contributed by atoms with Crippen LogP contribution in [0.15, 0.2) is 42.0 Å². The number of carbonyl (C=O) groups excluding carboxylic acids is 1. The predicted octanol–water partition coefficient (Wildman–Crippen LogP) is 4.52. The SMILES string of the molecule is CCOCCCNC(=O)/C(C#N)=C/c1ccc(-c2ccccc2Cl)s1. The van der Waals surface area contributed by atoms with Crippen molar-refractivity contribution in [1.82, 2.24) is 5.32 Å². The minimum absolute atomic E-state index is 0.0870. The van der Waals surface area contributed by atoms with Crippen LogP contribution in [0.5, 0.6) is 0 Å². The van der Waals surface area contributed by atoms with E-state index >= 15 is 0 Å². The lowest BCUT2D eigenvalue weighted by atomic mass is 10.2. The molecule has 0 aliphatic heterocycles. The van der Waals surface area contributed by atoms with Gasteiger partial charge in [0.25, 0.3) is 5.91 Å². The Kier molecular flexibility index (Phi) is 7.68. The normalized spacial score (nSPS) is 11.2. The molecule has 0 bridgehead atoms. The maximum Gasteiger partial charge on any atom is 0.261 e. The third-order valence-corrected chi connectivity index (χ3v) is 4.77. The van der Waals surface area contributed by atoms with E-state index in [-0.39, 0.29) is 11.5 Å². The molecule has 0 aliphatic rings. The van der Waals surface area contributed by atoms with Gasteiger partial charge < -0.3 is 10.1 Å². The molecule has 0 fully saturated rings. The quantitative estimate of drug-likeness (QED) is 0.420. The van der Waals surface area contributed by atoms with Gasteiger partial charge in [0.05, 0.1) is 0 Å². The largest absolute Gasteiger partial charge is 0.382 e. The van der Waals surface area contributed by atoms with Gasteiger partial charge in [-0.25, -0.2) is 0 Å². The minimum Gasteiger partial charge on any atom is -0.382 e. The number of halogens is 1. The molecular weight excluding hydrogens is 356 g/mol. The summed E-state index contributed by atoms with van der Waals surface area (Å²) in [5.41, 5.74) is 1.02. The van der Waals surface area contributed by atoms with Gasteiger partial charge in [-0.15, -0.1) is 11.3 Å². The third kappa shape index (κ3) is 5.71. The number of nitriles is 1. The summed E-state index contributed by atoms with van der Waals surface area (Å²) in [4.78, 5) is 13.9. The van der Waals surface area contributed by atoms with Crippen LogP contribution in [0.25, 0.3) is 16.5 Å². The van der Waals surface area contributed by atoms with Crippen molar-refractivity contribution in [2.24, 2.45) is 0 Å². The fourth-order valence-corrected chi connectivity index (χ4v) is 3.43. The molecule has 0 unspecified atom stereocenters. The highest BCUT2D eigenvalue weighted by Gasteiger charge is 2.10. The molecule has 1 amide bonds. The van der Waals surface area contributed by atoms with Gasteiger partial charge in [0, 0.05) is 40.1 Å². The smallest absolute Gasteiger partial charge is 0.261 e. The van der Waals surface area contributed by atoms with Gasteiger partial charge in [-0.3, -0.25) is 4.79 Å². The lowest BCUT2D eigenvalue weighted by molar-refractivity contribution is -0.117. The van der Waals surface area contributed by atoms with E-state index in [0.717, 1.165) is 15.3 Å². The Morgan fingerprint density at radius 2 is 2.16 bits per heavy atom. The summed E-state index contributed by atoms with van der Waals surface area (Å²) in [6, 6.07) is 13.4. The standard InChI is InChI=1S/C19H19ClN2O2S/c1-2-24-11-5-10-22-19(23)14(13-21)12-15-8-9-18(25-15)16-6-3-4-7-17(16)20/h3-4,6-9,12H,2,5,10-11H2,1H3,(H,22,23)/b14-12+. The molecule has 0 spiro atoms. The zero-order valence-corrected chi connectivity index (χ0v) is 15.5. The molecule has 0 saturated carbocycles. The lowest BCUT2D eigenvalue weighted by Gasteiger charge is -2.04. The molecule has 1 aromatic carbocycles. The zero-order valence-electron chi connectivity index (χ0n) is 13.9. The number of nitrogens with zero attached hydrogens (tertiary/aromatic N) is 1. The zero-order chi connectivity index (χ0) is 18.1. The molecule has 1 aromatic heterocycles. The second-order valence-electron chi connectivity index (χ2n) is 5.16. The second kappa shape index (κ2) is 10.00. The van der Waals surface area contributed by atoms with Crippen LogP contribution in [0.1, 0.15) is 18.2 Å². The fourth-order valence-electron chi connectivity index (χ4n) is 2.14. The summed E-state index contributed by atoms with van der Waals surface area (Å²) in [5, 5.41) is 12.7. The Labute approximate surface area is 156 Å². The fraction of sp³-hybridized carbons (Fsp3) is 0.263. The van der Waals surface area contributed by atoms with Crippen molar-refractivity contribution in [3.05, 3.63) is 51.9 Å². The van der Waals surface area contributed by atoms with E-state index < -0.39 is 0 Å². The maximum absolute atomic E-state index is 12.1. The molecule has 4 nitrogen and oxygen atoms in total.